The molecule has 0 saturated heterocycles. The number of esters is 1. The molecule has 0 unspecified atom stereocenters. The Labute approximate surface area is 133 Å². The lowest BCUT2D eigenvalue weighted by molar-refractivity contribution is 0.0287. The van der Waals surface area contributed by atoms with E-state index < -0.39 is 0 Å². The van der Waals surface area contributed by atoms with Gasteiger partial charge in [-0.05, 0) is 55.9 Å². The first-order valence-electron chi connectivity index (χ1n) is 7.88. The molecule has 3 heteroatoms. The van der Waals surface area contributed by atoms with Gasteiger partial charge in [0, 0.05) is 5.02 Å². The maximum Gasteiger partial charge on any atom is 0.338 e. The smallest absolute Gasteiger partial charge is 0.338 e. The molecule has 0 N–H and O–H groups in total. The highest BCUT2D eigenvalue weighted by atomic mass is 35.5. The monoisotopic (exact) mass is 310 g/mol. The van der Waals surface area contributed by atoms with Gasteiger partial charge < -0.3 is 4.74 Å². The molecule has 0 spiro atoms. The SMILES string of the molecule is CCC[C@H](C)C[C@H](C)C[C@H](C)OC(=O)c1ccc(Cl)cc1. The normalized spacial score (nSPS) is 15.3. The van der Waals surface area contributed by atoms with Gasteiger partial charge in [0.25, 0.3) is 0 Å². The van der Waals surface area contributed by atoms with E-state index in [0.717, 1.165) is 12.3 Å². The van der Waals surface area contributed by atoms with E-state index in [1.807, 2.05) is 6.92 Å². The van der Waals surface area contributed by atoms with Crippen molar-refractivity contribution in [2.45, 2.75) is 59.5 Å². The highest BCUT2D eigenvalue weighted by Gasteiger charge is 2.16. The van der Waals surface area contributed by atoms with Crippen molar-refractivity contribution in [3.63, 3.8) is 0 Å². The van der Waals surface area contributed by atoms with Gasteiger partial charge in [-0.3, -0.25) is 0 Å². The van der Waals surface area contributed by atoms with E-state index >= 15 is 0 Å². The third kappa shape index (κ3) is 6.99. The molecule has 0 radical (unpaired) electrons. The molecule has 2 nitrogen and oxygen atoms in total. The predicted molar refractivity (Wildman–Crippen MR) is 88.8 cm³/mol. The summed E-state index contributed by atoms with van der Waals surface area (Å²) in [5.74, 6) is 1.04. The van der Waals surface area contributed by atoms with Crippen LogP contribution in [-0.4, -0.2) is 12.1 Å². The molecule has 1 aromatic rings. The first kappa shape index (κ1) is 18.0. The maximum absolute atomic E-state index is 12.0. The number of hydrogen-bond donors (Lipinski definition) is 0. The second-order valence-corrected chi connectivity index (χ2v) is 6.63. The van der Waals surface area contributed by atoms with Crippen molar-refractivity contribution >= 4 is 17.6 Å². The highest BCUT2D eigenvalue weighted by molar-refractivity contribution is 6.30. The van der Waals surface area contributed by atoms with Gasteiger partial charge in [0.15, 0.2) is 0 Å². The minimum Gasteiger partial charge on any atom is -0.459 e. The number of carbonyl (C=O) groups is 1. The molecule has 3 atom stereocenters. The van der Waals surface area contributed by atoms with Crippen molar-refractivity contribution in [1.29, 1.82) is 0 Å². The summed E-state index contributed by atoms with van der Waals surface area (Å²) in [5, 5.41) is 0.623. The summed E-state index contributed by atoms with van der Waals surface area (Å²) in [4.78, 5) is 12.0. The number of ether oxygens (including phenoxy) is 1. The zero-order valence-electron chi connectivity index (χ0n) is 13.6. The topological polar surface area (TPSA) is 26.3 Å². The van der Waals surface area contributed by atoms with Crippen LogP contribution in [0.4, 0.5) is 0 Å². The lowest BCUT2D eigenvalue weighted by Gasteiger charge is -2.20. The third-order valence-electron chi connectivity index (χ3n) is 3.71. The van der Waals surface area contributed by atoms with Gasteiger partial charge in [-0.1, -0.05) is 45.2 Å². The Morgan fingerprint density at radius 1 is 1.10 bits per heavy atom. The molecular formula is C18H27ClO2. The van der Waals surface area contributed by atoms with E-state index in [1.165, 1.54) is 19.3 Å². The largest absolute Gasteiger partial charge is 0.459 e. The van der Waals surface area contributed by atoms with Crippen LogP contribution in [0.3, 0.4) is 0 Å². The first-order valence-corrected chi connectivity index (χ1v) is 8.26. The molecule has 0 amide bonds. The fourth-order valence-electron chi connectivity index (χ4n) is 2.85. The molecule has 0 fully saturated rings. The van der Waals surface area contributed by atoms with Crippen molar-refractivity contribution < 1.29 is 9.53 Å². The molecule has 1 aromatic carbocycles. The van der Waals surface area contributed by atoms with Gasteiger partial charge in [-0.25, -0.2) is 4.79 Å². The lowest BCUT2D eigenvalue weighted by atomic mass is 9.90. The van der Waals surface area contributed by atoms with E-state index in [4.69, 9.17) is 16.3 Å². The van der Waals surface area contributed by atoms with Crippen molar-refractivity contribution in [2.75, 3.05) is 0 Å². The quantitative estimate of drug-likeness (QED) is 0.572. The van der Waals surface area contributed by atoms with Gasteiger partial charge in [0.2, 0.25) is 0 Å². The van der Waals surface area contributed by atoms with Crippen molar-refractivity contribution in [2.24, 2.45) is 11.8 Å². The fourth-order valence-corrected chi connectivity index (χ4v) is 2.97. The summed E-state index contributed by atoms with van der Waals surface area (Å²) in [5.41, 5.74) is 0.554. The number of halogens is 1. The van der Waals surface area contributed by atoms with Gasteiger partial charge in [0.1, 0.15) is 0 Å². The minimum absolute atomic E-state index is 0.0583. The van der Waals surface area contributed by atoms with Crippen LogP contribution >= 0.6 is 11.6 Å². The third-order valence-corrected chi connectivity index (χ3v) is 3.96. The van der Waals surface area contributed by atoms with Crippen molar-refractivity contribution in [3.05, 3.63) is 34.9 Å². The van der Waals surface area contributed by atoms with Gasteiger partial charge in [-0.15, -0.1) is 0 Å². The highest BCUT2D eigenvalue weighted by Crippen LogP contribution is 2.21. The van der Waals surface area contributed by atoms with Gasteiger partial charge in [0.05, 0.1) is 11.7 Å². The molecule has 0 bridgehead atoms. The van der Waals surface area contributed by atoms with Crippen LogP contribution in [0, 0.1) is 11.8 Å². The van der Waals surface area contributed by atoms with E-state index in [1.54, 1.807) is 24.3 Å². The van der Waals surface area contributed by atoms with Crippen LogP contribution in [0.25, 0.3) is 0 Å². The second kappa shape index (κ2) is 9.09. The van der Waals surface area contributed by atoms with Crippen LogP contribution in [0.2, 0.25) is 5.02 Å². The van der Waals surface area contributed by atoms with Crippen LogP contribution in [0.15, 0.2) is 24.3 Å². The zero-order valence-corrected chi connectivity index (χ0v) is 14.3. The zero-order chi connectivity index (χ0) is 15.8. The maximum atomic E-state index is 12.0. The summed E-state index contributed by atoms with van der Waals surface area (Å²) in [6.07, 6.45) is 4.54. The van der Waals surface area contributed by atoms with E-state index in [9.17, 15) is 4.79 Å². The Bertz CT molecular complexity index is 427. The Morgan fingerprint density at radius 2 is 1.71 bits per heavy atom. The standard InChI is InChI=1S/C18H27ClO2/c1-5-6-13(2)11-14(3)12-15(4)21-18(20)16-7-9-17(19)10-8-16/h7-10,13-15H,5-6,11-12H2,1-4H3/t13-,14-,15-/m0/s1. The fraction of sp³-hybridized carbons (Fsp3) is 0.611. The summed E-state index contributed by atoms with van der Waals surface area (Å²) < 4.78 is 5.51. The predicted octanol–water partition coefficient (Wildman–Crippen LogP) is 5.74. The van der Waals surface area contributed by atoms with Crippen LogP contribution in [0.1, 0.15) is 63.7 Å². The summed E-state index contributed by atoms with van der Waals surface area (Å²) in [6.45, 7) is 8.72. The molecule has 0 aromatic heterocycles. The lowest BCUT2D eigenvalue weighted by Crippen LogP contribution is -2.18. The Balaban J connectivity index is 2.40. The average molecular weight is 311 g/mol. The van der Waals surface area contributed by atoms with Crippen molar-refractivity contribution in [3.8, 4) is 0 Å². The molecule has 0 aliphatic carbocycles. The molecule has 118 valence electrons. The van der Waals surface area contributed by atoms with Crippen LogP contribution in [-0.2, 0) is 4.74 Å². The molecule has 0 heterocycles. The average Bonchev–Trinajstić information content (AvgIpc) is 2.38. The Morgan fingerprint density at radius 3 is 2.29 bits per heavy atom. The van der Waals surface area contributed by atoms with Gasteiger partial charge >= 0.3 is 5.97 Å². The van der Waals surface area contributed by atoms with Crippen LogP contribution in [0.5, 0.6) is 0 Å². The molecule has 0 aliphatic heterocycles. The minimum atomic E-state index is -0.270. The number of benzene rings is 1. The molecule has 21 heavy (non-hydrogen) atoms. The summed E-state index contributed by atoms with van der Waals surface area (Å²) in [6, 6.07) is 6.81. The van der Waals surface area contributed by atoms with E-state index in [0.29, 0.717) is 16.5 Å². The number of hydrogen-bond acceptors (Lipinski definition) is 2. The van der Waals surface area contributed by atoms with Crippen LogP contribution < -0.4 is 0 Å². The van der Waals surface area contributed by atoms with Crippen molar-refractivity contribution in [1.82, 2.24) is 0 Å². The van der Waals surface area contributed by atoms with E-state index in [2.05, 4.69) is 20.8 Å². The number of carbonyl (C=O) groups excluding carboxylic acids is 1. The molecular weight excluding hydrogens is 284 g/mol. The number of rotatable bonds is 8. The summed E-state index contributed by atoms with van der Waals surface area (Å²) in [7, 11) is 0. The van der Waals surface area contributed by atoms with Gasteiger partial charge in [-0.2, -0.15) is 0 Å². The molecule has 0 aliphatic rings. The molecule has 0 saturated carbocycles. The second-order valence-electron chi connectivity index (χ2n) is 6.19. The first-order chi connectivity index (χ1) is 9.92. The molecule has 1 rings (SSSR count). The Kier molecular flexibility index (Phi) is 7.81. The van der Waals surface area contributed by atoms with E-state index in [-0.39, 0.29) is 12.1 Å². The summed E-state index contributed by atoms with van der Waals surface area (Å²) >= 11 is 5.81. The Hall–Kier alpha value is -1.02.